The van der Waals surface area contributed by atoms with Crippen molar-refractivity contribution in [1.29, 1.82) is 0 Å². The molecule has 2 rings (SSSR count). The molecule has 5 heteroatoms. The Bertz CT molecular complexity index is 669. The number of aryl methyl sites for hydroxylation is 1. The van der Waals surface area contributed by atoms with Gasteiger partial charge in [-0.3, -0.25) is 9.59 Å². The van der Waals surface area contributed by atoms with Gasteiger partial charge in [-0.2, -0.15) is 0 Å². The minimum Gasteiger partial charge on any atom is -0.352 e. The van der Waals surface area contributed by atoms with E-state index in [4.69, 9.17) is 0 Å². The Balaban J connectivity index is 1.80. The van der Waals surface area contributed by atoms with Crippen LogP contribution in [0.5, 0.6) is 0 Å². The maximum atomic E-state index is 13.4. The van der Waals surface area contributed by atoms with Gasteiger partial charge in [0.25, 0.3) is 0 Å². The highest BCUT2D eigenvalue weighted by molar-refractivity contribution is 6.03. The van der Waals surface area contributed by atoms with E-state index in [0.29, 0.717) is 6.54 Å². The van der Waals surface area contributed by atoms with E-state index < -0.39 is 17.6 Å². The number of nitrogens with one attached hydrogen (secondary N) is 2. The highest BCUT2D eigenvalue weighted by Crippen LogP contribution is 2.12. The van der Waals surface area contributed by atoms with E-state index in [9.17, 15) is 14.0 Å². The summed E-state index contributed by atoms with van der Waals surface area (Å²) >= 11 is 0. The van der Waals surface area contributed by atoms with Crippen molar-refractivity contribution in [2.75, 3.05) is 5.32 Å². The van der Waals surface area contributed by atoms with Crippen molar-refractivity contribution in [2.45, 2.75) is 19.9 Å². The fraction of sp³-hybridized carbons (Fsp3) is 0.176. The summed E-state index contributed by atoms with van der Waals surface area (Å²) in [6.07, 6.45) is -0.347. The average Bonchev–Trinajstić information content (AvgIpc) is 2.49. The van der Waals surface area contributed by atoms with Gasteiger partial charge >= 0.3 is 0 Å². The molecule has 0 fully saturated rings. The molecule has 22 heavy (non-hydrogen) atoms. The van der Waals surface area contributed by atoms with Crippen molar-refractivity contribution >= 4 is 17.5 Å². The van der Waals surface area contributed by atoms with Crippen LogP contribution in [0.1, 0.15) is 17.5 Å². The van der Waals surface area contributed by atoms with Gasteiger partial charge in [0.2, 0.25) is 11.8 Å². The van der Waals surface area contributed by atoms with E-state index in [-0.39, 0.29) is 12.1 Å². The number of anilines is 1. The standard InChI is InChI=1S/C17H17FN2O2/c1-12-6-8-13(9-7-12)11-19-16(21)10-17(22)20-15-5-3-2-4-14(15)18/h2-9H,10-11H2,1H3,(H,19,21)(H,20,22). The largest absolute Gasteiger partial charge is 0.352 e. The van der Waals surface area contributed by atoms with Crippen LogP contribution in [0.15, 0.2) is 48.5 Å². The second kappa shape index (κ2) is 7.36. The highest BCUT2D eigenvalue weighted by Gasteiger charge is 2.11. The second-order valence-corrected chi connectivity index (χ2v) is 4.97. The Morgan fingerprint density at radius 1 is 1.00 bits per heavy atom. The van der Waals surface area contributed by atoms with Crippen molar-refractivity contribution in [2.24, 2.45) is 0 Å². The van der Waals surface area contributed by atoms with Crippen LogP contribution in [-0.2, 0) is 16.1 Å². The van der Waals surface area contributed by atoms with Crippen LogP contribution < -0.4 is 10.6 Å². The van der Waals surface area contributed by atoms with E-state index in [1.165, 1.54) is 18.2 Å². The summed E-state index contributed by atoms with van der Waals surface area (Å²) in [6.45, 7) is 2.33. The number of hydrogen-bond acceptors (Lipinski definition) is 2. The predicted octanol–water partition coefficient (Wildman–Crippen LogP) is 2.78. The lowest BCUT2D eigenvalue weighted by molar-refractivity contribution is -0.126. The number of carbonyl (C=O) groups is 2. The lowest BCUT2D eigenvalue weighted by Crippen LogP contribution is -2.27. The van der Waals surface area contributed by atoms with Crippen molar-refractivity contribution < 1.29 is 14.0 Å². The van der Waals surface area contributed by atoms with Crippen molar-refractivity contribution in [3.63, 3.8) is 0 Å². The molecule has 0 bridgehead atoms. The van der Waals surface area contributed by atoms with E-state index >= 15 is 0 Å². The zero-order valence-electron chi connectivity index (χ0n) is 12.2. The van der Waals surface area contributed by atoms with Crippen LogP contribution in [-0.4, -0.2) is 11.8 Å². The second-order valence-electron chi connectivity index (χ2n) is 4.97. The van der Waals surface area contributed by atoms with Crippen LogP contribution in [0.2, 0.25) is 0 Å². The number of rotatable bonds is 5. The van der Waals surface area contributed by atoms with Gasteiger partial charge in [-0.15, -0.1) is 0 Å². The molecule has 0 aromatic heterocycles. The van der Waals surface area contributed by atoms with Crippen LogP contribution in [0.3, 0.4) is 0 Å². The molecular formula is C17H17FN2O2. The summed E-state index contributed by atoms with van der Waals surface area (Å²) in [5.41, 5.74) is 2.16. The van der Waals surface area contributed by atoms with Gasteiger partial charge in [0.1, 0.15) is 12.2 Å². The first-order chi connectivity index (χ1) is 10.5. The summed E-state index contributed by atoms with van der Waals surface area (Å²) < 4.78 is 13.4. The first-order valence-electron chi connectivity index (χ1n) is 6.91. The molecule has 0 aliphatic heterocycles. The minimum absolute atomic E-state index is 0.0684. The molecule has 4 nitrogen and oxygen atoms in total. The van der Waals surface area contributed by atoms with E-state index in [2.05, 4.69) is 10.6 Å². The smallest absolute Gasteiger partial charge is 0.233 e. The maximum absolute atomic E-state index is 13.4. The Morgan fingerprint density at radius 2 is 1.68 bits per heavy atom. The van der Waals surface area contributed by atoms with E-state index in [1.54, 1.807) is 6.07 Å². The zero-order chi connectivity index (χ0) is 15.9. The molecule has 114 valence electrons. The number of carbonyl (C=O) groups excluding carboxylic acids is 2. The Kier molecular flexibility index (Phi) is 5.25. The van der Waals surface area contributed by atoms with Gasteiger partial charge in [0, 0.05) is 6.54 Å². The lowest BCUT2D eigenvalue weighted by Gasteiger charge is -2.07. The summed E-state index contributed by atoms with van der Waals surface area (Å²) in [5, 5.41) is 5.03. The van der Waals surface area contributed by atoms with Crippen LogP contribution in [0, 0.1) is 12.7 Å². The molecule has 0 aliphatic rings. The number of benzene rings is 2. The van der Waals surface area contributed by atoms with Gasteiger partial charge < -0.3 is 10.6 Å². The molecule has 0 spiro atoms. The molecule has 2 aromatic carbocycles. The molecule has 0 saturated carbocycles. The summed E-state index contributed by atoms with van der Waals surface area (Å²) in [6, 6.07) is 13.5. The van der Waals surface area contributed by atoms with Crippen molar-refractivity contribution in [3.8, 4) is 0 Å². The normalized spacial score (nSPS) is 10.1. The van der Waals surface area contributed by atoms with Gasteiger partial charge in [-0.05, 0) is 24.6 Å². The third-order valence-electron chi connectivity index (χ3n) is 3.08. The molecule has 0 heterocycles. The quantitative estimate of drug-likeness (QED) is 0.834. The minimum atomic E-state index is -0.550. The highest BCUT2D eigenvalue weighted by atomic mass is 19.1. The number of amides is 2. The van der Waals surface area contributed by atoms with Crippen molar-refractivity contribution in [1.82, 2.24) is 5.32 Å². The fourth-order valence-corrected chi connectivity index (χ4v) is 1.87. The summed E-state index contributed by atoms with van der Waals surface area (Å²) in [7, 11) is 0. The van der Waals surface area contributed by atoms with Crippen molar-refractivity contribution in [3.05, 3.63) is 65.5 Å². The van der Waals surface area contributed by atoms with E-state index in [1.807, 2.05) is 31.2 Å². The molecule has 0 saturated heterocycles. The molecule has 2 N–H and O–H groups in total. The summed E-state index contributed by atoms with van der Waals surface area (Å²) in [5.74, 6) is -1.49. The van der Waals surface area contributed by atoms with Gasteiger partial charge in [0.15, 0.2) is 0 Å². The molecule has 0 unspecified atom stereocenters. The van der Waals surface area contributed by atoms with Gasteiger partial charge in [-0.1, -0.05) is 42.0 Å². The van der Waals surface area contributed by atoms with Gasteiger partial charge in [-0.25, -0.2) is 4.39 Å². The maximum Gasteiger partial charge on any atom is 0.233 e. The van der Waals surface area contributed by atoms with Gasteiger partial charge in [0.05, 0.1) is 5.69 Å². The first-order valence-corrected chi connectivity index (χ1v) is 6.91. The first kappa shape index (κ1) is 15.7. The third kappa shape index (κ3) is 4.70. The molecular weight excluding hydrogens is 283 g/mol. The Hall–Kier alpha value is -2.69. The van der Waals surface area contributed by atoms with Crippen LogP contribution in [0.25, 0.3) is 0 Å². The fourth-order valence-electron chi connectivity index (χ4n) is 1.87. The number of para-hydroxylation sites is 1. The SMILES string of the molecule is Cc1ccc(CNC(=O)CC(=O)Nc2ccccc2F)cc1. The topological polar surface area (TPSA) is 58.2 Å². The van der Waals surface area contributed by atoms with Crippen LogP contribution >= 0.6 is 0 Å². The molecule has 0 aliphatic carbocycles. The Morgan fingerprint density at radius 3 is 2.36 bits per heavy atom. The predicted molar refractivity (Wildman–Crippen MR) is 82.7 cm³/mol. The zero-order valence-corrected chi connectivity index (χ0v) is 12.2. The monoisotopic (exact) mass is 300 g/mol. The van der Waals surface area contributed by atoms with Crippen LogP contribution in [0.4, 0.5) is 10.1 Å². The molecule has 2 amide bonds. The van der Waals surface area contributed by atoms with E-state index in [0.717, 1.165) is 11.1 Å². The number of halogens is 1. The number of hydrogen-bond donors (Lipinski definition) is 2. The lowest BCUT2D eigenvalue weighted by atomic mass is 10.1. The Labute approximate surface area is 128 Å². The third-order valence-corrected chi connectivity index (χ3v) is 3.08. The molecule has 0 atom stereocenters. The summed E-state index contributed by atoms with van der Waals surface area (Å²) in [4.78, 5) is 23.4. The molecule has 2 aromatic rings. The average molecular weight is 300 g/mol. The molecule has 0 radical (unpaired) electrons.